The number of aromatic nitrogens is 2. The maximum atomic E-state index is 10.8. The van der Waals surface area contributed by atoms with Crippen LogP contribution in [0.25, 0.3) is 0 Å². The lowest BCUT2D eigenvalue weighted by molar-refractivity contribution is -0.140. The van der Waals surface area contributed by atoms with Gasteiger partial charge in [-0.25, -0.2) is 0 Å². The lowest BCUT2D eigenvalue weighted by Crippen LogP contribution is -2.46. The van der Waals surface area contributed by atoms with Gasteiger partial charge in [-0.05, 0) is 13.0 Å². The molecule has 100 valence electrons. The van der Waals surface area contributed by atoms with Crippen molar-refractivity contribution < 1.29 is 14.6 Å². The predicted octanol–water partition coefficient (Wildman–Crippen LogP) is 0.404. The summed E-state index contributed by atoms with van der Waals surface area (Å²) in [6.07, 6.45) is 0.122. The summed E-state index contributed by atoms with van der Waals surface area (Å²) in [6, 6.07) is 1.99. The molecule has 0 spiro atoms. The van der Waals surface area contributed by atoms with Crippen LogP contribution in [-0.4, -0.2) is 51.6 Å². The number of carboxylic acids is 1. The predicted molar refractivity (Wildman–Crippen MR) is 65.2 cm³/mol. The van der Waals surface area contributed by atoms with E-state index in [0.717, 1.165) is 24.5 Å². The molecule has 0 aromatic carbocycles. The molecule has 0 aliphatic carbocycles. The normalized spacial score (nSPS) is 21.1. The number of nitrogens with zero attached hydrogens (tertiary/aromatic N) is 3. The lowest BCUT2D eigenvalue weighted by Gasteiger charge is -2.34. The summed E-state index contributed by atoms with van der Waals surface area (Å²) in [6.45, 7) is 4.59. The summed E-state index contributed by atoms with van der Waals surface area (Å²) in [5, 5.41) is 13.2. The fourth-order valence-electron chi connectivity index (χ4n) is 2.31. The highest BCUT2D eigenvalue weighted by molar-refractivity contribution is 5.67. The third-order valence-electron chi connectivity index (χ3n) is 3.22. The molecule has 1 atom stereocenters. The first-order valence-electron chi connectivity index (χ1n) is 6.09. The Morgan fingerprint density at radius 1 is 1.67 bits per heavy atom. The van der Waals surface area contributed by atoms with Crippen LogP contribution in [0.5, 0.6) is 0 Å². The van der Waals surface area contributed by atoms with Gasteiger partial charge in [0, 0.05) is 26.2 Å². The molecule has 6 heteroatoms. The maximum absolute atomic E-state index is 10.8. The van der Waals surface area contributed by atoms with E-state index < -0.39 is 5.97 Å². The van der Waals surface area contributed by atoms with E-state index in [1.54, 1.807) is 0 Å². The van der Waals surface area contributed by atoms with Crippen LogP contribution in [0.2, 0.25) is 0 Å². The maximum Gasteiger partial charge on any atom is 0.305 e. The molecule has 0 amide bonds. The van der Waals surface area contributed by atoms with Crippen LogP contribution >= 0.6 is 0 Å². The fourth-order valence-corrected chi connectivity index (χ4v) is 2.31. The van der Waals surface area contributed by atoms with Crippen molar-refractivity contribution >= 4 is 5.97 Å². The highest BCUT2D eigenvalue weighted by atomic mass is 16.5. The van der Waals surface area contributed by atoms with E-state index in [0.29, 0.717) is 13.2 Å². The number of ether oxygens (including phenoxy) is 1. The monoisotopic (exact) mass is 253 g/mol. The summed E-state index contributed by atoms with van der Waals surface area (Å²) < 4.78 is 7.21. The first-order chi connectivity index (χ1) is 8.56. The van der Waals surface area contributed by atoms with Crippen molar-refractivity contribution in [1.82, 2.24) is 14.7 Å². The van der Waals surface area contributed by atoms with E-state index in [4.69, 9.17) is 9.84 Å². The second-order valence-electron chi connectivity index (χ2n) is 4.70. The third-order valence-corrected chi connectivity index (χ3v) is 3.22. The van der Waals surface area contributed by atoms with Gasteiger partial charge in [0.2, 0.25) is 0 Å². The topological polar surface area (TPSA) is 67.6 Å². The Labute approximate surface area is 106 Å². The summed E-state index contributed by atoms with van der Waals surface area (Å²) in [7, 11) is 1.91. The average Bonchev–Trinajstić information content (AvgIpc) is 2.59. The van der Waals surface area contributed by atoms with Gasteiger partial charge in [0.15, 0.2) is 0 Å². The molecule has 18 heavy (non-hydrogen) atoms. The lowest BCUT2D eigenvalue weighted by atomic mass is 10.1. The number of aryl methyl sites for hydroxylation is 2. The zero-order chi connectivity index (χ0) is 13.1. The van der Waals surface area contributed by atoms with Gasteiger partial charge in [-0.15, -0.1) is 0 Å². The molecule has 1 saturated heterocycles. The van der Waals surface area contributed by atoms with Crippen LogP contribution < -0.4 is 0 Å². The molecule has 1 aliphatic rings. The zero-order valence-corrected chi connectivity index (χ0v) is 10.8. The Bertz CT molecular complexity index is 430. The van der Waals surface area contributed by atoms with Gasteiger partial charge in [-0.2, -0.15) is 5.10 Å². The number of hydrogen-bond donors (Lipinski definition) is 1. The minimum absolute atomic E-state index is 0.0496. The Hall–Kier alpha value is -1.40. The molecule has 1 unspecified atom stereocenters. The van der Waals surface area contributed by atoms with E-state index in [2.05, 4.69) is 10.00 Å². The largest absolute Gasteiger partial charge is 0.481 e. The molecule has 0 radical (unpaired) electrons. The standard InChI is InChI=1S/C12H19N3O3/c1-9-5-10(14(2)13-9)7-15-3-4-18-8-11(15)6-12(16)17/h5,11H,3-4,6-8H2,1-2H3,(H,16,17). The van der Waals surface area contributed by atoms with E-state index in [1.165, 1.54) is 0 Å². The minimum atomic E-state index is -0.781. The SMILES string of the molecule is Cc1cc(CN2CCOCC2CC(=O)O)n(C)n1. The number of hydrogen-bond acceptors (Lipinski definition) is 4. The summed E-state index contributed by atoms with van der Waals surface area (Å²) in [5.41, 5.74) is 2.08. The second-order valence-corrected chi connectivity index (χ2v) is 4.70. The van der Waals surface area contributed by atoms with Crippen molar-refractivity contribution in [3.8, 4) is 0 Å². The van der Waals surface area contributed by atoms with Crippen LogP contribution in [0.4, 0.5) is 0 Å². The van der Waals surface area contributed by atoms with E-state index in [9.17, 15) is 4.79 Å². The van der Waals surface area contributed by atoms with Crippen LogP contribution in [0, 0.1) is 6.92 Å². The zero-order valence-electron chi connectivity index (χ0n) is 10.8. The molecule has 2 rings (SSSR count). The van der Waals surface area contributed by atoms with Gasteiger partial charge in [0.25, 0.3) is 0 Å². The fraction of sp³-hybridized carbons (Fsp3) is 0.667. The molecule has 0 saturated carbocycles. The summed E-state index contributed by atoms with van der Waals surface area (Å²) in [4.78, 5) is 13.0. The van der Waals surface area contributed by atoms with Crippen molar-refractivity contribution in [3.63, 3.8) is 0 Å². The second kappa shape index (κ2) is 5.49. The van der Waals surface area contributed by atoms with Crippen molar-refractivity contribution in [3.05, 3.63) is 17.5 Å². The van der Waals surface area contributed by atoms with E-state index in [-0.39, 0.29) is 12.5 Å². The number of carboxylic acid groups (broad SMARTS) is 1. The average molecular weight is 253 g/mol. The van der Waals surface area contributed by atoms with Crippen molar-refractivity contribution in [2.75, 3.05) is 19.8 Å². The molecule has 1 N–H and O–H groups in total. The van der Waals surface area contributed by atoms with Gasteiger partial charge in [-0.1, -0.05) is 0 Å². The Balaban J connectivity index is 2.05. The minimum Gasteiger partial charge on any atom is -0.481 e. The number of morpholine rings is 1. The molecule has 1 aromatic rings. The smallest absolute Gasteiger partial charge is 0.305 e. The van der Waals surface area contributed by atoms with Crippen LogP contribution in [0.3, 0.4) is 0 Å². The van der Waals surface area contributed by atoms with Gasteiger partial charge in [-0.3, -0.25) is 14.4 Å². The van der Waals surface area contributed by atoms with Crippen molar-refractivity contribution in [1.29, 1.82) is 0 Å². The number of carbonyl (C=O) groups is 1. The summed E-state index contributed by atoms with van der Waals surface area (Å²) >= 11 is 0. The third kappa shape index (κ3) is 3.08. The molecule has 1 aliphatic heterocycles. The van der Waals surface area contributed by atoms with Gasteiger partial charge >= 0.3 is 5.97 Å². The van der Waals surface area contributed by atoms with Crippen LogP contribution in [0.1, 0.15) is 17.8 Å². The molecular weight excluding hydrogens is 234 g/mol. The van der Waals surface area contributed by atoms with Crippen LogP contribution in [-0.2, 0) is 23.1 Å². The Morgan fingerprint density at radius 2 is 2.44 bits per heavy atom. The molecular formula is C12H19N3O3. The van der Waals surface area contributed by atoms with Gasteiger partial charge in [0.05, 0.1) is 31.0 Å². The molecule has 1 aromatic heterocycles. The van der Waals surface area contributed by atoms with E-state index >= 15 is 0 Å². The quantitative estimate of drug-likeness (QED) is 0.841. The highest BCUT2D eigenvalue weighted by Crippen LogP contribution is 2.15. The van der Waals surface area contributed by atoms with Gasteiger partial charge in [0.1, 0.15) is 0 Å². The first kappa shape index (κ1) is 13.0. The van der Waals surface area contributed by atoms with Crippen molar-refractivity contribution in [2.45, 2.75) is 25.9 Å². The van der Waals surface area contributed by atoms with Crippen molar-refractivity contribution in [2.24, 2.45) is 7.05 Å². The van der Waals surface area contributed by atoms with E-state index in [1.807, 2.05) is 24.7 Å². The Kier molecular flexibility index (Phi) is 3.98. The Morgan fingerprint density at radius 3 is 3.06 bits per heavy atom. The number of rotatable bonds is 4. The number of aliphatic carboxylic acids is 1. The molecule has 0 bridgehead atoms. The van der Waals surface area contributed by atoms with Crippen LogP contribution in [0.15, 0.2) is 6.07 Å². The highest BCUT2D eigenvalue weighted by Gasteiger charge is 2.26. The molecule has 6 nitrogen and oxygen atoms in total. The van der Waals surface area contributed by atoms with Gasteiger partial charge < -0.3 is 9.84 Å². The first-order valence-corrected chi connectivity index (χ1v) is 6.09. The summed E-state index contributed by atoms with van der Waals surface area (Å²) in [5.74, 6) is -0.781. The molecule has 1 fully saturated rings. The molecule has 2 heterocycles.